The van der Waals surface area contributed by atoms with Gasteiger partial charge in [-0.1, -0.05) is 18.2 Å². The van der Waals surface area contributed by atoms with Crippen molar-refractivity contribution in [3.05, 3.63) is 52.7 Å². The topological polar surface area (TPSA) is 81.4 Å². The number of tetrazole rings is 1. The molecular formula is C11H7F3N6O. The molecule has 0 aliphatic heterocycles. The third-order valence-corrected chi connectivity index (χ3v) is 2.72. The number of aromatic nitrogens is 6. The lowest BCUT2D eigenvalue weighted by molar-refractivity contribution is -0.142. The van der Waals surface area contributed by atoms with E-state index in [0.717, 1.165) is 6.20 Å². The van der Waals surface area contributed by atoms with Gasteiger partial charge >= 0.3 is 11.9 Å². The maximum atomic E-state index is 13.3. The van der Waals surface area contributed by atoms with Crippen LogP contribution in [0.3, 0.4) is 0 Å². The molecule has 1 N–H and O–H groups in total. The van der Waals surface area contributed by atoms with Crippen LogP contribution in [0.2, 0.25) is 0 Å². The van der Waals surface area contributed by atoms with E-state index < -0.39 is 23.2 Å². The van der Waals surface area contributed by atoms with Crippen molar-refractivity contribution in [1.29, 1.82) is 0 Å². The summed E-state index contributed by atoms with van der Waals surface area (Å²) in [5, 5.41) is 12.1. The molecule has 0 saturated heterocycles. The number of nitrogens with one attached hydrogen (secondary N) is 1. The van der Waals surface area contributed by atoms with Crippen LogP contribution in [-0.4, -0.2) is 30.0 Å². The number of para-hydroxylation sites is 1. The lowest BCUT2D eigenvalue weighted by atomic mass is 10.3. The number of aromatic amines is 1. The first-order valence-corrected chi connectivity index (χ1v) is 5.70. The van der Waals surface area contributed by atoms with Crippen LogP contribution in [0.25, 0.3) is 11.4 Å². The van der Waals surface area contributed by atoms with E-state index in [9.17, 15) is 18.0 Å². The predicted octanol–water partition coefficient (Wildman–Crippen LogP) is 1.16. The van der Waals surface area contributed by atoms with Crippen molar-refractivity contribution >= 4 is 0 Å². The third-order valence-electron chi connectivity index (χ3n) is 2.72. The van der Waals surface area contributed by atoms with E-state index in [1.165, 1.54) is 12.1 Å². The second-order valence-corrected chi connectivity index (χ2v) is 4.04. The average Bonchev–Trinajstić information content (AvgIpc) is 3.04. The molecule has 0 unspecified atom stereocenters. The smallest absolute Gasteiger partial charge is 0.244 e. The highest BCUT2D eigenvalue weighted by atomic mass is 19.4. The average molecular weight is 296 g/mol. The Balaban J connectivity index is 2.27. The van der Waals surface area contributed by atoms with Gasteiger partial charge in [0.1, 0.15) is 5.69 Å². The highest BCUT2D eigenvalue weighted by molar-refractivity contribution is 5.42. The molecule has 0 saturated carbocycles. The Kier molecular flexibility index (Phi) is 2.85. The van der Waals surface area contributed by atoms with E-state index >= 15 is 0 Å². The Labute approximate surface area is 114 Å². The lowest BCUT2D eigenvalue weighted by Gasteiger charge is -2.11. The number of hydrogen-bond acceptors (Lipinski definition) is 4. The van der Waals surface area contributed by atoms with Crippen molar-refractivity contribution in [3.63, 3.8) is 0 Å². The maximum absolute atomic E-state index is 13.3. The summed E-state index contributed by atoms with van der Waals surface area (Å²) in [4.78, 5) is 11.4. The molecule has 0 radical (unpaired) electrons. The van der Waals surface area contributed by atoms with Gasteiger partial charge in [0, 0.05) is 0 Å². The molecule has 0 atom stereocenters. The van der Waals surface area contributed by atoms with Crippen molar-refractivity contribution < 1.29 is 13.2 Å². The minimum atomic E-state index is -4.72. The van der Waals surface area contributed by atoms with Crippen molar-refractivity contribution in [1.82, 2.24) is 30.0 Å². The normalized spacial score (nSPS) is 11.8. The molecule has 0 bridgehead atoms. The molecule has 0 fully saturated rings. The molecule has 1 aromatic carbocycles. The number of H-pyrrole nitrogens is 1. The molecule has 0 aliphatic rings. The van der Waals surface area contributed by atoms with Gasteiger partial charge in [0.15, 0.2) is 5.69 Å². The fourth-order valence-electron chi connectivity index (χ4n) is 1.88. The van der Waals surface area contributed by atoms with Gasteiger partial charge in [-0.2, -0.15) is 23.0 Å². The molecular weight excluding hydrogens is 289 g/mol. The Morgan fingerprint density at radius 2 is 1.81 bits per heavy atom. The first kappa shape index (κ1) is 13.1. The number of hydrogen-bond donors (Lipinski definition) is 1. The van der Waals surface area contributed by atoms with Gasteiger partial charge < -0.3 is 0 Å². The molecule has 0 aliphatic carbocycles. The SMILES string of the molecule is O=c1[nH]nnn1-c1cnn(-c2ccccc2)c1C(F)(F)F. The van der Waals surface area contributed by atoms with Crippen molar-refractivity contribution in [2.24, 2.45) is 0 Å². The quantitative estimate of drug-likeness (QED) is 0.769. The van der Waals surface area contributed by atoms with Gasteiger partial charge in [-0.05, 0) is 22.6 Å². The second kappa shape index (κ2) is 4.58. The molecule has 3 aromatic rings. The van der Waals surface area contributed by atoms with Gasteiger partial charge in [-0.15, -0.1) is 0 Å². The number of benzene rings is 1. The standard InChI is InChI=1S/C11H7F3N6O/c12-11(13,14)9-8(20-10(21)16-17-18-20)6-15-19(9)7-4-2-1-3-5-7/h1-6H,(H,16,18,21). The molecule has 3 rings (SSSR count). The summed E-state index contributed by atoms with van der Waals surface area (Å²) in [7, 11) is 0. The Hall–Kier alpha value is -2.91. The van der Waals surface area contributed by atoms with Gasteiger partial charge in [0.25, 0.3) is 0 Å². The molecule has 2 heterocycles. The third kappa shape index (κ3) is 2.20. The summed E-state index contributed by atoms with van der Waals surface area (Å²) in [6.07, 6.45) is -3.81. The Morgan fingerprint density at radius 1 is 1.10 bits per heavy atom. The van der Waals surface area contributed by atoms with Gasteiger partial charge in [0.05, 0.1) is 11.9 Å². The molecule has 2 aromatic heterocycles. The van der Waals surface area contributed by atoms with Crippen LogP contribution >= 0.6 is 0 Å². The van der Waals surface area contributed by atoms with E-state index in [0.29, 0.717) is 9.36 Å². The summed E-state index contributed by atoms with van der Waals surface area (Å²) in [5.41, 5.74) is -2.27. The lowest BCUT2D eigenvalue weighted by Crippen LogP contribution is -2.21. The molecule has 0 amide bonds. The summed E-state index contributed by atoms with van der Waals surface area (Å²) in [6.45, 7) is 0. The summed E-state index contributed by atoms with van der Waals surface area (Å²) >= 11 is 0. The van der Waals surface area contributed by atoms with Crippen LogP contribution in [0.1, 0.15) is 5.69 Å². The fraction of sp³-hybridized carbons (Fsp3) is 0.0909. The van der Waals surface area contributed by atoms with Gasteiger partial charge in [-0.25, -0.2) is 14.6 Å². The zero-order valence-electron chi connectivity index (χ0n) is 10.2. The van der Waals surface area contributed by atoms with Crippen LogP contribution in [0.4, 0.5) is 13.2 Å². The number of halogens is 3. The zero-order chi connectivity index (χ0) is 15.0. The first-order valence-electron chi connectivity index (χ1n) is 5.70. The van der Waals surface area contributed by atoms with Gasteiger partial charge in [0.2, 0.25) is 0 Å². The van der Waals surface area contributed by atoms with E-state index in [4.69, 9.17) is 0 Å². The van der Waals surface area contributed by atoms with Crippen molar-refractivity contribution in [3.8, 4) is 11.4 Å². The highest BCUT2D eigenvalue weighted by Gasteiger charge is 2.40. The molecule has 7 nitrogen and oxygen atoms in total. The van der Waals surface area contributed by atoms with E-state index in [1.807, 2.05) is 5.10 Å². The Morgan fingerprint density at radius 3 is 2.38 bits per heavy atom. The minimum absolute atomic E-state index is 0.215. The van der Waals surface area contributed by atoms with Crippen molar-refractivity contribution in [2.45, 2.75) is 6.18 Å². The van der Waals surface area contributed by atoms with Crippen LogP contribution < -0.4 is 5.69 Å². The molecule has 108 valence electrons. The second-order valence-electron chi connectivity index (χ2n) is 4.04. The monoisotopic (exact) mass is 296 g/mol. The van der Waals surface area contributed by atoms with Gasteiger partial charge in [-0.3, -0.25) is 0 Å². The predicted molar refractivity (Wildman–Crippen MR) is 64.1 cm³/mol. The number of rotatable bonds is 2. The molecule has 0 spiro atoms. The van der Waals surface area contributed by atoms with E-state index in [2.05, 4.69) is 15.5 Å². The van der Waals surface area contributed by atoms with E-state index in [-0.39, 0.29) is 5.69 Å². The van der Waals surface area contributed by atoms with Crippen molar-refractivity contribution in [2.75, 3.05) is 0 Å². The zero-order valence-corrected chi connectivity index (χ0v) is 10.2. The van der Waals surface area contributed by atoms with E-state index in [1.54, 1.807) is 18.2 Å². The largest absolute Gasteiger partial charge is 0.435 e. The first-order chi connectivity index (χ1) is 9.98. The van der Waals surface area contributed by atoms with Crippen LogP contribution in [0.15, 0.2) is 41.3 Å². The summed E-state index contributed by atoms with van der Waals surface area (Å²) < 4.78 is 41.2. The number of nitrogens with zero attached hydrogens (tertiary/aromatic N) is 5. The molecule has 21 heavy (non-hydrogen) atoms. The highest BCUT2D eigenvalue weighted by Crippen LogP contribution is 2.34. The van der Waals surface area contributed by atoms with Crippen LogP contribution in [-0.2, 0) is 6.18 Å². The summed E-state index contributed by atoms with van der Waals surface area (Å²) in [6, 6.07) is 7.77. The number of alkyl halides is 3. The maximum Gasteiger partial charge on any atom is 0.435 e. The minimum Gasteiger partial charge on any atom is -0.244 e. The van der Waals surface area contributed by atoms with Crippen LogP contribution in [0.5, 0.6) is 0 Å². The fourth-order valence-corrected chi connectivity index (χ4v) is 1.88. The van der Waals surface area contributed by atoms with Crippen LogP contribution in [0, 0.1) is 0 Å². The summed E-state index contributed by atoms with van der Waals surface area (Å²) in [5.74, 6) is 0. The molecule has 10 heteroatoms. The Bertz CT molecular complexity index is 816.